The Morgan fingerprint density at radius 1 is 1.08 bits per heavy atom. The third kappa shape index (κ3) is 3.18. The zero-order chi connectivity index (χ0) is 17.9. The van der Waals surface area contributed by atoms with Crippen LogP contribution in [-0.2, 0) is 4.79 Å². The largest absolute Gasteiger partial charge is 0.311 e. The van der Waals surface area contributed by atoms with Gasteiger partial charge in [-0.05, 0) is 29.8 Å². The topological polar surface area (TPSA) is 46.1 Å². The molecule has 26 heavy (non-hydrogen) atoms. The van der Waals surface area contributed by atoms with E-state index < -0.39 is 0 Å². The van der Waals surface area contributed by atoms with Gasteiger partial charge in [-0.15, -0.1) is 11.3 Å². The van der Waals surface area contributed by atoms with E-state index in [2.05, 4.69) is 28.2 Å². The zero-order valence-corrected chi connectivity index (χ0v) is 15.9. The molecule has 0 saturated carbocycles. The third-order valence-corrected chi connectivity index (χ3v) is 6.04. The van der Waals surface area contributed by atoms with Crippen molar-refractivity contribution in [2.24, 2.45) is 0 Å². The molecule has 130 valence electrons. The van der Waals surface area contributed by atoms with Crippen molar-refractivity contribution in [3.05, 3.63) is 60.2 Å². The summed E-state index contributed by atoms with van der Waals surface area (Å²) in [7, 11) is 0. The van der Waals surface area contributed by atoms with E-state index in [1.165, 1.54) is 11.8 Å². The first-order valence-electron chi connectivity index (χ1n) is 8.37. The lowest BCUT2D eigenvalue weighted by atomic mass is 10.1. The van der Waals surface area contributed by atoms with E-state index in [-0.39, 0.29) is 5.91 Å². The monoisotopic (exact) mass is 379 g/mol. The molecule has 2 heterocycles. The Morgan fingerprint density at radius 2 is 1.92 bits per heavy atom. The number of fused-ring (bicyclic) bond motifs is 2. The number of thioether (sulfide) groups is 1. The van der Waals surface area contributed by atoms with Gasteiger partial charge >= 0.3 is 0 Å². The fourth-order valence-electron chi connectivity index (χ4n) is 3.02. The Hall–Kier alpha value is -2.44. The number of rotatable bonds is 5. The molecule has 0 unspecified atom stereocenters. The Bertz CT molecular complexity index is 1070. The van der Waals surface area contributed by atoms with Crippen molar-refractivity contribution in [3.63, 3.8) is 0 Å². The average Bonchev–Trinajstić information content (AvgIpc) is 3.16. The van der Waals surface area contributed by atoms with Crippen LogP contribution in [0.5, 0.6) is 0 Å². The Morgan fingerprint density at radius 3 is 2.81 bits per heavy atom. The second-order valence-electron chi connectivity index (χ2n) is 5.74. The standard InChI is InChI=1S/C20H17N3OS2/c1-2-23(17-9-5-7-14-6-3-4-8-15(14)17)18(24)12-26-20-16-10-11-25-19(16)21-13-22-20/h3-11,13H,2,12H2,1H3. The van der Waals surface area contributed by atoms with Gasteiger partial charge in [0, 0.05) is 17.3 Å². The minimum absolute atomic E-state index is 0.0795. The van der Waals surface area contributed by atoms with Crippen molar-refractivity contribution < 1.29 is 4.79 Å². The lowest BCUT2D eigenvalue weighted by molar-refractivity contribution is -0.116. The van der Waals surface area contributed by atoms with Crippen LogP contribution in [0.15, 0.2) is 65.3 Å². The maximum atomic E-state index is 12.9. The van der Waals surface area contributed by atoms with E-state index in [1.807, 2.05) is 47.5 Å². The first-order valence-corrected chi connectivity index (χ1v) is 10.2. The highest BCUT2D eigenvalue weighted by atomic mass is 32.2. The molecule has 4 rings (SSSR count). The minimum Gasteiger partial charge on any atom is -0.311 e. The molecule has 0 atom stereocenters. The summed E-state index contributed by atoms with van der Waals surface area (Å²) >= 11 is 3.06. The maximum Gasteiger partial charge on any atom is 0.237 e. The molecule has 0 aliphatic carbocycles. The number of benzene rings is 2. The number of hydrogen-bond acceptors (Lipinski definition) is 5. The van der Waals surface area contributed by atoms with Gasteiger partial charge in [0.15, 0.2) is 0 Å². The number of amides is 1. The number of anilines is 1. The smallest absolute Gasteiger partial charge is 0.237 e. The molecule has 0 spiro atoms. The maximum absolute atomic E-state index is 12.9. The normalized spacial score (nSPS) is 11.1. The van der Waals surface area contributed by atoms with Crippen molar-refractivity contribution in [1.82, 2.24) is 9.97 Å². The summed E-state index contributed by atoms with van der Waals surface area (Å²) in [4.78, 5) is 24.3. The lowest BCUT2D eigenvalue weighted by Crippen LogP contribution is -2.32. The number of carbonyl (C=O) groups is 1. The summed E-state index contributed by atoms with van der Waals surface area (Å²) < 4.78 is 0. The fourth-order valence-corrected chi connectivity index (χ4v) is 4.67. The predicted octanol–water partition coefficient (Wildman–Crippen LogP) is 4.99. The molecule has 4 aromatic rings. The molecule has 0 radical (unpaired) electrons. The number of nitrogens with zero attached hydrogens (tertiary/aromatic N) is 3. The van der Waals surface area contributed by atoms with Crippen LogP contribution < -0.4 is 4.90 Å². The predicted molar refractivity (Wildman–Crippen MR) is 110 cm³/mol. The van der Waals surface area contributed by atoms with Crippen molar-refractivity contribution in [3.8, 4) is 0 Å². The molecule has 0 saturated heterocycles. The van der Waals surface area contributed by atoms with Gasteiger partial charge in [-0.1, -0.05) is 48.2 Å². The summed E-state index contributed by atoms with van der Waals surface area (Å²) in [6, 6.07) is 16.2. The van der Waals surface area contributed by atoms with Gasteiger partial charge in [-0.3, -0.25) is 4.79 Å². The highest BCUT2D eigenvalue weighted by molar-refractivity contribution is 8.00. The van der Waals surface area contributed by atoms with E-state index in [0.717, 1.165) is 31.7 Å². The van der Waals surface area contributed by atoms with Crippen LogP contribution in [0.4, 0.5) is 5.69 Å². The van der Waals surface area contributed by atoms with Crippen LogP contribution in [0, 0.1) is 0 Å². The molecule has 2 aromatic heterocycles. The van der Waals surface area contributed by atoms with Gasteiger partial charge in [0.1, 0.15) is 16.2 Å². The Balaban J connectivity index is 1.58. The SMILES string of the molecule is CCN(C(=O)CSc1ncnc2sccc12)c1cccc2ccccc12. The first-order chi connectivity index (χ1) is 12.8. The summed E-state index contributed by atoms with van der Waals surface area (Å²) in [5.74, 6) is 0.426. The molecule has 2 aromatic carbocycles. The van der Waals surface area contributed by atoms with Crippen molar-refractivity contribution in [2.75, 3.05) is 17.2 Å². The van der Waals surface area contributed by atoms with Crippen LogP contribution in [0.3, 0.4) is 0 Å². The van der Waals surface area contributed by atoms with E-state index in [4.69, 9.17) is 0 Å². The Kier molecular flexibility index (Phi) is 4.86. The fraction of sp³-hybridized carbons (Fsp3) is 0.150. The highest BCUT2D eigenvalue weighted by Gasteiger charge is 2.17. The summed E-state index contributed by atoms with van der Waals surface area (Å²) in [5.41, 5.74) is 0.958. The van der Waals surface area contributed by atoms with Gasteiger partial charge < -0.3 is 4.90 Å². The van der Waals surface area contributed by atoms with Crippen molar-refractivity contribution in [1.29, 1.82) is 0 Å². The molecular weight excluding hydrogens is 362 g/mol. The van der Waals surface area contributed by atoms with Crippen LogP contribution >= 0.6 is 23.1 Å². The van der Waals surface area contributed by atoms with E-state index in [9.17, 15) is 4.79 Å². The summed E-state index contributed by atoms with van der Waals surface area (Å²) in [6.45, 7) is 2.64. The van der Waals surface area contributed by atoms with Crippen LogP contribution in [0.25, 0.3) is 21.0 Å². The third-order valence-electron chi connectivity index (χ3n) is 4.23. The highest BCUT2D eigenvalue weighted by Crippen LogP contribution is 2.30. The minimum atomic E-state index is 0.0795. The molecule has 0 aliphatic rings. The molecule has 6 heteroatoms. The molecule has 4 nitrogen and oxygen atoms in total. The lowest BCUT2D eigenvalue weighted by Gasteiger charge is -2.22. The molecule has 0 fully saturated rings. The van der Waals surface area contributed by atoms with E-state index >= 15 is 0 Å². The van der Waals surface area contributed by atoms with Gasteiger partial charge in [0.2, 0.25) is 5.91 Å². The first kappa shape index (κ1) is 17.0. The molecule has 0 N–H and O–H groups in total. The number of thiophene rings is 1. The number of hydrogen-bond donors (Lipinski definition) is 0. The summed E-state index contributed by atoms with van der Waals surface area (Å²) in [5, 5.41) is 6.11. The van der Waals surface area contributed by atoms with Crippen LogP contribution in [0.1, 0.15) is 6.92 Å². The molecule has 1 amide bonds. The average molecular weight is 380 g/mol. The Labute approximate surface area is 159 Å². The van der Waals surface area contributed by atoms with Crippen LogP contribution in [0.2, 0.25) is 0 Å². The zero-order valence-electron chi connectivity index (χ0n) is 14.3. The number of aromatic nitrogens is 2. The second kappa shape index (κ2) is 7.43. The quantitative estimate of drug-likeness (QED) is 0.362. The van der Waals surface area contributed by atoms with Gasteiger partial charge in [0.25, 0.3) is 0 Å². The van der Waals surface area contributed by atoms with Gasteiger partial charge in [-0.25, -0.2) is 9.97 Å². The number of carbonyl (C=O) groups excluding carboxylic acids is 1. The second-order valence-corrected chi connectivity index (χ2v) is 7.60. The van der Waals surface area contributed by atoms with Crippen molar-refractivity contribution >= 4 is 55.7 Å². The van der Waals surface area contributed by atoms with Gasteiger partial charge in [-0.2, -0.15) is 0 Å². The molecule has 0 bridgehead atoms. The molecular formula is C20H17N3OS2. The van der Waals surface area contributed by atoms with E-state index in [0.29, 0.717) is 12.3 Å². The van der Waals surface area contributed by atoms with Crippen molar-refractivity contribution in [2.45, 2.75) is 11.9 Å². The van der Waals surface area contributed by atoms with E-state index in [1.54, 1.807) is 17.7 Å². The molecule has 0 aliphatic heterocycles. The summed E-state index contributed by atoms with van der Waals surface area (Å²) in [6.07, 6.45) is 1.56. The van der Waals surface area contributed by atoms with Crippen LogP contribution in [-0.4, -0.2) is 28.2 Å². The van der Waals surface area contributed by atoms with Gasteiger partial charge in [0.05, 0.1) is 11.4 Å².